The van der Waals surface area contributed by atoms with Gasteiger partial charge in [-0.1, -0.05) is 62.2 Å². The zero-order valence-electron chi connectivity index (χ0n) is 28.8. The van der Waals surface area contributed by atoms with E-state index in [-0.39, 0.29) is 44.6 Å². The van der Waals surface area contributed by atoms with E-state index in [1.165, 1.54) is 55.6 Å². The summed E-state index contributed by atoms with van der Waals surface area (Å²) in [5.41, 5.74) is -2.98. The smallest absolute Gasteiger partial charge is 0.344 e. The van der Waals surface area contributed by atoms with Crippen LogP contribution in [0.25, 0.3) is 0 Å². The van der Waals surface area contributed by atoms with Crippen molar-refractivity contribution in [2.45, 2.75) is 77.0 Å². The number of carbonyl (C=O) groups is 3. The third-order valence-electron chi connectivity index (χ3n) is 8.17. The van der Waals surface area contributed by atoms with Crippen LogP contribution < -0.4 is 15.4 Å². The van der Waals surface area contributed by atoms with Crippen molar-refractivity contribution in [1.29, 1.82) is 5.26 Å². The third-order valence-corrected chi connectivity index (χ3v) is 8.69. The first-order valence-corrected chi connectivity index (χ1v) is 16.5. The van der Waals surface area contributed by atoms with Gasteiger partial charge in [-0.25, -0.2) is 18.4 Å². The molecule has 0 bridgehead atoms. The molecule has 1 amide bonds. The largest absolute Gasteiger partial charge is 0.495 e. The molecule has 9 nitrogen and oxygen atoms in total. The Morgan fingerprint density at radius 1 is 1.02 bits per heavy atom. The lowest BCUT2D eigenvalue weighted by molar-refractivity contribution is -0.158. The summed E-state index contributed by atoms with van der Waals surface area (Å²) in [5, 5.41) is 16.9. The number of rotatable bonds is 9. The highest BCUT2D eigenvalue weighted by atomic mass is 35.5. The number of amides is 1. The second-order valence-corrected chi connectivity index (χ2v) is 15.1. The number of nitrogens with zero attached hydrogens (tertiary/aromatic N) is 1. The van der Waals surface area contributed by atoms with E-state index in [0.29, 0.717) is 0 Å². The minimum atomic E-state index is -1.82. The van der Waals surface area contributed by atoms with E-state index in [1.807, 2.05) is 20.8 Å². The Balaban J connectivity index is 1.77. The van der Waals surface area contributed by atoms with E-state index in [9.17, 15) is 19.6 Å². The van der Waals surface area contributed by atoms with Crippen molar-refractivity contribution in [3.63, 3.8) is 0 Å². The molecule has 0 unspecified atom stereocenters. The predicted molar refractivity (Wildman–Crippen MR) is 185 cm³/mol. The highest BCUT2D eigenvalue weighted by molar-refractivity contribution is 6.31. The molecular formula is C37H39Cl2F2N3O6. The molecule has 3 aromatic rings. The van der Waals surface area contributed by atoms with Crippen molar-refractivity contribution in [2.75, 3.05) is 19.0 Å². The van der Waals surface area contributed by atoms with Crippen LogP contribution in [0.3, 0.4) is 0 Å². The van der Waals surface area contributed by atoms with E-state index in [4.69, 9.17) is 37.4 Å². The van der Waals surface area contributed by atoms with Crippen LogP contribution in [0.4, 0.5) is 14.5 Å². The Bertz CT molecular complexity index is 1830. The van der Waals surface area contributed by atoms with Gasteiger partial charge in [0.2, 0.25) is 5.91 Å². The number of methoxy groups -OCH3 is 1. The summed E-state index contributed by atoms with van der Waals surface area (Å²) in [7, 11) is 1.32. The van der Waals surface area contributed by atoms with Crippen molar-refractivity contribution in [3.8, 4) is 11.8 Å². The molecule has 0 aliphatic carbocycles. The molecule has 50 heavy (non-hydrogen) atoms. The minimum Gasteiger partial charge on any atom is -0.495 e. The number of halogens is 4. The molecule has 0 radical (unpaired) electrons. The monoisotopic (exact) mass is 729 g/mol. The fraction of sp³-hybridized carbons (Fsp3) is 0.405. The Hall–Kier alpha value is -4.24. The maximum atomic E-state index is 16.0. The second kappa shape index (κ2) is 14.9. The first-order valence-electron chi connectivity index (χ1n) is 15.8. The summed E-state index contributed by atoms with van der Waals surface area (Å²) < 4.78 is 47.6. The normalized spacial score (nSPS) is 20.5. The average molecular weight is 731 g/mol. The van der Waals surface area contributed by atoms with Crippen LogP contribution in [-0.2, 0) is 24.5 Å². The van der Waals surface area contributed by atoms with Crippen molar-refractivity contribution in [3.05, 3.63) is 93.0 Å². The highest BCUT2D eigenvalue weighted by Crippen LogP contribution is 2.53. The molecule has 266 valence electrons. The zero-order valence-corrected chi connectivity index (χ0v) is 30.3. The lowest BCUT2D eigenvalue weighted by atomic mass is 9.62. The number of benzene rings is 3. The molecule has 0 spiro atoms. The van der Waals surface area contributed by atoms with Gasteiger partial charge in [0.15, 0.2) is 6.61 Å². The number of hydrogen-bond donors (Lipinski definition) is 2. The third kappa shape index (κ3) is 8.37. The maximum Gasteiger partial charge on any atom is 0.344 e. The summed E-state index contributed by atoms with van der Waals surface area (Å²) in [6.07, 6.45) is 0.286. The van der Waals surface area contributed by atoms with Gasteiger partial charge in [-0.15, -0.1) is 0 Å². The molecule has 1 aliphatic rings. The van der Waals surface area contributed by atoms with Crippen LogP contribution in [0.15, 0.2) is 54.6 Å². The lowest BCUT2D eigenvalue weighted by Gasteiger charge is -2.37. The standard InChI is InChI=1S/C37H39Cl2F2N3O6/c1-35(2,3)17-28-37(19-42,23-13-12-21(38)16-25(23)40)30(22-9-8-10-24(39)31(22)41)32(44-28)33(46)43-26-14-11-20(15-27(26)48-7)34(47)49-18-29(45)50-36(4,5)6/h8-16,28,30,32,44H,17-18H2,1-7H3,(H,43,46)/t28-,30-,32+,37-/m0/s1. The Morgan fingerprint density at radius 2 is 1.72 bits per heavy atom. The quantitative estimate of drug-likeness (QED) is 0.214. The van der Waals surface area contributed by atoms with Gasteiger partial charge in [-0.2, -0.15) is 5.26 Å². The molecule has 1 aliphatic heterocycles. The molecule has 4 rings (SSSR count). The number of carbonyl (C=O) groups excluding carboxylic acids is 3. The molecule has 0 aromatic heterocycles. The predicted octanol–water partition coefficient (Wildman–Crippen LogP) is 7.74. The summed E-state index contributed by atoms with van der Waals surface area (Å²) in [6.45, 7) is 10.2. The van der Waals surface area contributed by atoms with Gasteiger partial charge in [-0.05, 0) is 74.6 Å². The van der Waals surface area contributed by atoms with E-state index < -0.39 is 70.5 Å². The van der Waals surface area contributed by atoms with Crippen molar-refractivity contribution in [2.24, 2.45) is 5.41 Å². The van der Waals surface area contributed by atoms with Crippen LogP contribution in [0.2, 0.25) is 10.0 Å². The topological polar surface area (TPSA) is 127 Å². The van der Waals surface area contributed by atoms with Crippen LogP contribution in [-0.4, -0.2) is 49.2 Å². The number of esters is 2. The summed E-state index contributed by atoms with van der Waals surface area (Å²) in [5.74, 6) is -5.13. The molecule has 1 heterocycles. The SMILES string of the molecule is COc1cc(C(=O)OCC(=O)OC(C)(C)C)ccc1NC(=O)[C@@H]1N[C@@H](CC(C)(C)C)[C@](C#N)(c2ccc(Cl)cc2F)[C@H]1c1cccc(Cl)c1F. The van der Waals surface area contributed by atoms with E-state index in [2.05, 4.69) is 16.7 Å². The van der Waals surface area contributed by atoms with Gasteiger partial charge < -0.3 is 24.8 Å². The fourth-order valence-corrected chi connectivity index (χ4v) is 6.61. The summed E-state index contributed by atoms with van der Waals surface area (Å²) >= 11 is 12.3. The molecule has 1 fully saturated rings. The molecule has 4 atom stereocenters. The van der Waals surface area contributed by atoms with Crippen molar-refractivity contribution >= 4 is 46.7 Å². The number of anilines is 1. The Labute approximate surface area is 300 Å². The minimum absolute atomic E-state index is 0.0215. The zero-order chi connectivity index (χ0) is 37.2. The molecule has 0 saturated carbocycles. The summed E-state index contributed by atoms with van der Waals surface area (Å²) in [4.78, 5) is 39.1. The van der Waals surface area contributed by atoms with Gasteiger partial charge in [0, 0.05) is 22.5 Å². The molecular weight excluding hydrogens is 691 g/mol. The molecule has 2 N–H and O–H groups in total. The van der Waals surface area contributed by atoms with E-state index in [0.717, 1.165) is 6.07 Å². The van der Waals surface area contributed by atoms with Crippen LogP contribution in [0.1, 0.15) is 75.4 Å². The van der Waals surface area contributed by atoms with Gasteiger partial charge >= 0.3 is 11.9 Å². The van der Waals surface area contributed by atoms with E-state index >= 15 is 8.78 Å². The first kappa shape index (κ1) is 38.6. The average Bonchev–Trinajstić information content (AvgIpc) is 3.33. The number of hydrogen-bond acceptors (Lipinski definition) is 8. The van der Waals surface area contributed by atoms with Crippen LogP contribution in [0, 0.1) is 28.4 Å². The highest BCUT2D eigenvalue weighted by Gasteiger charge is 2.61. The number of nitriles is 1. The maximum absolute atomic E-state index is 16.0. The lowest BCUT2D eigenvalue weighted by Crippen LogP contribution is -2.45. The van der Waals surface area contributed by atoms with Gasteiger partial charge in [0.05, 0.1) is 35.5 Å². The van der Waals surface area contributed by atoms with Crippen molar-refractivity contribution < 1.29 is 37.4 Å². The molecule has 1 saturated heterocycles. The summed E-state index contributed by atoms with van der Waals surface area (Å²) in [6, 6.07) is 12.4. The van der Waals surface area contributed by atoms with Gasteiger partial charge in [-0.3, -0.25) is 4.79 Å². The number of ether oxygens (including phenoxy) is 3. The Morgan fingerprint density at radius 3 is 2.32 bits per heavy atom. The van der Waals surface area contributed by atoms with Crippen LogP contribution >= 0.6 is 23.2 Å². The van der Waals surface area contributed by atoms with E-state index in [1.54, 1.807) is 20.8 Å². The second-order valence-electron chi connectivity index (χ2n) is 14.3. The molecule has 13 heteroatoms. The van der Waals surface area contributed by atoms with Crippen molar-refractivity contribution in [1.82, 2.24) is 5.32 Å². The first-order chi connectivity index (χ1) is 23.3. The van der Waals surface area contributed by atoms with Gasteiger partial charge in [0.1, 0.15) is 28.4 Å². The molecule has 3 aromatic carbocycles. The number of nitrogens with one attached hydrogen (secondary N) is 2. The fourth-order valence-electron chi connectivity index (χ4n) is 6.27. The van der Waals surface area contributed by atoms with Crippen LogP contribution in [0.5, 0.6) is 5.75 Å². The Kier molecular flexibility index (Phi) is 11.5. The van der Waals surface area contributed by atoms with Gasteiger partial charge in [0.25, 0.3) is 0 Å².